The fraction of sp³-hybridized carbons (Fsp3) is 0.381. The summed E-state index contributed by atoms with van der Waals surface area (Å²) >= 11 is 0. The Morgan fingerprint density at radius 3 is 2.81 bits per heavy atom. The number of ether oxygens (including phenoxy) is 1. The van der Waals surface area contributed by atoms with Crippen molar-refractivity contribution >= 4 is 16.8 Å². The van der Waals surface area contributed by atoms with E-state index >= 15 is 0 Å². The third-order valence-corrected chi connectivity index (χ3v) is 4.49. The molecule has 0 saturated heterocycles. The number of para-hydroxylation sites is 1. The van der Waals surface area contributed by atoms with Crippen molar-refractivity contribution in [1.82, 2.24) is 19.9 Å². The second-order valence-corrected chi connectivity index (χ2v) is 6.94. The summed E-state index contributed by atoms with van der Waals surface area (Å²) in [6.07, 6.45) is 3.58. The lowest BCUT2D eigenvalue weighted by Gasteiger charge is -2.18. The highest BCUT2D eigenvalue weighted by Crippen LogP contribution is 2.23. The zero-order chi connectivity index (χ0) is 19.4. The highest BCUT2D eigenvalue weighted by molar-refractivity contribution is 5.84. The lowest BCUT2D eigenvalue weighted by atomic mass is 10.2. The summed E-state index contributed by atoms with van der Waals surface area (Å²) in [5.41, 5.74) is 1.79. The summed E-state index contributed by atoms with van der Waals surface area (Å²) in [5.74, 6) is 1.85. The molecule has 3 rings (SSSR count). The van der Waals surface area contributed by atoms with Crippen LogP contribution in [0.5, 0.6) is 5.75 Å². The van der Waals surface area contributed by atoms with Crippen LogP contribution in [0.4, 0.5) is 0 Å². The molecule has 27 heavy (non-hydrogen) atoms. The monoisotopic (exact) mass is 366 g/mol. The van der Waals surface area contributed by atoms with Crippen LogP contribution in [0.2, 0.25) is 0 Å². The molecule has 0 unspecified atom stereocenters. The van der Waals surface area contributed by atoms with Gasteiger partial charge in [0.15, 0.2) is 0 Å². The van der Waals surface area contributed by atoms with Crippen LogP contribution in [0.3, 0.4) is 0 Å². The molecule has 0 aliphatic carbocycles. The number of rotatable bonds is 7. The van der Waals surface area contributed by atoms with Crippen LogP contribution in [0.25, 0.3) is 10.9 Å². The Morgan fingerprint density at radius 1 is 1.22 bits per heavy atom. The van der Waals surface area contributed by atoms with E-state index in [1.54, 1.807) is 6.20 Å². The van der Waals surface area contributed by atoms with E-state index in [-0.39, 0.29) is 17.9 Å². The molecule has 3 aromatic rings. The molecule has 2 heterocycles. The van der Waals surface area contributed by atoms with Gasteiger partial charge in [0, 0.05) is 29.4 Å². The maximum absolute atomic E-state index is 12.5. The van der Waals surface area contributed by atoms with Crippen molar-refractivity contribution in [2.75, 3.05) is 13.2 Å². The number of imidazole rings is 1. The zero-order valence-electron chi connectivity index (χ0n) is 16.3. The predicted octanol–water partition coefficient (Wildman–Crippen LogP) is 3.62. The summed E-state index contributed by atoms with van der Waals surface area (Å²) in [6, 6.07) is 9.56. The number of aromatic nitrogens is 3. The van der Waals surface area contributed by atoms with Gasteiger partial charge in [-0.25, -0.2) is 9.97 Å². The Hall–Kier alpha value is -2.89. The first kappa shape index (κ1) is 18.9. The number of fused-ring (bicyclic) bond motifs is 1. The maximum atomic E-state index is 12.5. The summed E-state index contributed by atoms with van der Waals surface area (Å²) in [7, 11) is 0. The number of nitrogens with one attached hydrogen (secondary N) is 1. The average Bonchev–Trinajstić information content (AvgIpc) is 3.14. The first-order valence-electron chi connectivity index (χ1n) is 9.27. The molecule has 2 aromatic heterocycles. The predicted molar refractivity (Wildman–Crippen MR) is 106 cm³/mol. The standard InChI is InChI=1S/C21H26N4O2/c1-14(2)20-22-10-12-25(20)16(4)21(26)23-11-13-27-18-7-5-6-17-9-8-15(3)24-19(17)18/h5-10,12,14,16H,11,13H2,1-4H3,(H,23,26)/t16-/m0/s1. The molecule has 0 aliphatic heterocycles. The Bertz CT molecular complexity index is 933. The van der Waals surface area contributed by atoms with Gasteiger partial charge in [-0.15, -0.1) is 0 Å². The zero-order valence-corrected chi connectivity index (χ0v) is 16.3. The Balaban J connectivity index is 1.57. The smallest absolute Gasteiger partial charge is 0.242 e. The number of nitrogens with zero attached hydrogens (tertiary/aromatic N) is 3. The first-order valence-corrected chi connectivity index (χ1v) is 9.27. The minimum Gasteiger partial charge on any atom is -0.489 e. The van der Waals surface area contributed by atoms with Crippen LogP contribution in [-0.4, -0.2) is 33.6 Å². The van der Waals surface area contributed by atoms with E-state index in [0.717, 1.165) is 28.2 Å². The molecule has 0 bridgehead atoms. The van der Waals surface area contributed by atoms with Crippen molar-refractivity contribution in [3.8, 4) is 5.75 Å². The molecule has 0 fully saturated rings. The van der Waals surface area contributed by atoms with E-state index in [1.165, 1.54) is 0 Å². The largest absolute Gasteiger partial charge is 0.489 e. The minimum absolute atomic E-state index is 0.0506. The number of amides is 1. The molecule has 6 nitrogen and oxygen atoms in total. The van der Waals surface area contributed by atoms with Crippen LogP contribution in [0, 0.1) is 6.92 Å². The van der Waals surface area contributed by atoms with Crippen molar-refractivity contribution in [3.05, 3.63) is 54.2 Å². The third kappa shape index (κ3) is 4.27. The molecule has 0 saturated carbocycles. The van der Waals surface area contributed by atoms with E-state index in [2.05, 4.69) is 29.1 Å². The average molecular weight is 366 g/mol. The Morgan fingerprint density at radius 2 is 2.04 bits per heavy atom. The molecule has 0 spiro atoms. The summed E-state index contributed by atoms with van der Waals surface area (Å²) in [6.45, 7) is 8.78. The van der Waals surface area contributed by atoms with E-state index in [0.29, 0.717) is 13.2 Å². The fourth-order valence-electron chi connectivity index (χ4n) is 3.04. The van der Waals surface area contributed by atoms with E-state index in [9.17, 15) is 4.79 Å². The normalized spacial score (nSPS) is 12.3. The second-order valence-electron chi connectivity index (χ2n) is 6.94. The molecule has 1 atom stereocenters. The summed E-state index contributed by atoms with van der Waals surface area (Å²) in [5, 5.41) is 3.97. The Kier molecular flexibility index (Phi) is 5.74. The number of benzene rings is 1. The first-order chi connectivity index (χ1) is 13.0. The number of carbonyl (C=O) groups excluding carboxylic acids is 1. The van der Waals surface area contributed by atoms with Crippen LogP contribution in [0.15, 0.2) is 42.7 Å². The number of aryl methyl sites for hydroxylation is 1. The highest BCUT2D eigenvalue weighted by Gasteiger charge is 2.18. The fourth-order valence-corrected chi connectivity index (χ4v) is 3.04. The van der Waals surface area contributed by atoms with Crippen LogP contribution in [0.1, 0.15) is 44.2 Å². The van der Waals surface area contributed by atoms with Gasteiger partial charge in [0.05, 0.1) is 6.54 Å². The van der Waals surface area contributed by atoms with Crippen LogP contribution in [-0.2, 0) is 4.79 Å². The number of carbonyl (C=O) groups is 1. The number of pyridine rings is 1. The minimum atomic E-state index is -0.313. The quantitative estimate of drug-likeness (QED) is 0.649. The SMILES string of the molecule is Cc1ccc2cccc(OCCNC(=O)[C@H](C)n3ccnc3C(C)C)c2n1. The molecule has 142 valence electrons. The van der Waals surface area contributed by atoms with Gasteiger partial charge in [0.1, 0.15) is 29.7 Å². The number of hydrogen-bond acceptors (Lipinski definition) is 4. The van der Waals surface area contributed by atoms with Crippen LogP contribution < -0.4 is 10.1 Å². The maximum Gasteiger partial charge on any atom is 0.242 e. The van der Waals surface area contributed by atoms with Crippen molar-refractivity contribution in [3.63, 3.8) is 0 Å². The van der Waals surface area contributed by atoms with Crippen molar-refractivity contribution in [2.24, 2.45) is 0 Å². The highest BCUT2D eigenvalue weighted by atomic mass is 16.5. The van der Waals surface area contributed by atoms with Gasteiger partial charge < -0.3 is 14.6 Å². The van der Waals surface area contributed by atoms with Gasteiger partial charge in [-0.3, -0.25) is 4.79 Å². The van der Waals surface area contributed by atoms with Crippen molar-refractivity contribution in [2.45, 2.75) is 39.7 Å². The van der Waals surface area contributed by atoms with Gasteiger partial charge >= 0.3 is 0 Å². The molecule has 0 aliphatic rings. The van der Waals surface area contributed by atoms with Crippen molar-refractivity contribution < 1.29 is 9.53 Å². The van der Waals surface area contributed by atoms with Gasteiger partial charge in [0.2, 0.25) is 5.91 Å². The van der Waals surface area contributed by atoms with Gasteiger partial charge in [-0.05, 0) is 26.0 Å². The summed E-state index contributed by atoms with van der Waals surface area (Å²) in [4.78, 5) is 21.4. The van der Waals surface area contributed by atoms with Gasteiger partial charge in [-0.1, -0.05) is 32.0 Å². The van der Waals surface area contributed by atoms with E-state index < -0.39 is 0 Å². The second kappa shape index (κ2) is 8.20. The lowest BCUT2D eigenvalue weighted by Crippen LogP contribution is -2.34. The van der Waals surface area contributed by atoms with E-state index in [1.807, 2.05) is 54.9 Å². The summed E-state index contributed by atoms with van der Waals surface area (Å²) < 4.78 is 7.78. The number of hydrogen-bond donors (Lipinski definition) is 1. The van der Waals surface area contributed by atoms with Crippen molar-refractivity contribution in [1.29, 1.82) is 0 Å². The molecule has 0 radical (unpaired) electrons. The topological polar surface area (TPSA) is 69.0 Å². The Labute approximate surface area is 159 Å². The third-order valence-electron chi connectivity index (χ3n) is 4.49. The van der Waals surface area contributed by atoms with Gasteiger partial charge in [-0.2, -0.15) is 0 Å². The molecule has 1 aromatic carbocycles. The molecule has 1 N–H and O–H groups in total. The molecular weight excluding hydrogens is 340 g/mol. The van der Waals surface area contributed by atoms with E-state index in [4.69, 9.17) is 4.74 Å². The molecular formula is C21H26N4O2. The molecule has 6 heteroatoms. The van der Waals surface area contributed by atoms with Crippen LogP contribution >= 0.6 is 0 Å². The van der Waals surface area contributed by atoms with Gasteiger partial charge in [0.25, 0.3) is 0 Å². The lowest BCUT2D eigenvalue weighted by molar-refractivity contribution is -0.124. The molecule has 1 amide bonds.